The molecule has 0 aliphatic heterocycles. The summed E-state index contributed by atoms with van der Waals surface area (Å²) in [5.41, 5.74) is 23.7. The van der Waals surface area contributed by atoms with Gasteiger partial charge in [-0.3, -0.25) is 9.97 Å². The van der Waals surface area contributed by atoms with Gasteiger partial charge in [0.1, 0.15) is 5.75 Å². The lowest BCUT2D eigenvalue weighted by molar-refractivity contribution is -0.596. The molecule has 0 saturated carbocycles. The van der Waals surface area contributed by atoms with Gasteiger partial charge in [-0.15, -0.1) is 11.3 Å². The van der Waals surface area contributed by atoms with Crippen LogP contribution in [0.15, 0.2) is 366 Å². The van der Waals surface area contributed by atoms with Crippen LogP contribution in [0, 0.1) is 0 Å². The first-order valence-corrected chi connectivity index (χ1v) is 35.9. The summed E-state index contributed by atoms with van der Waals surface area (Å²) in [6.45, 7) is 0. The summed E-state index contributed by atoms with van der Waals surface area (Å²) in [6, 6.07) is 95.6. The van der Waals surface area contributed by atoms with E-state index in [0.717, 1.165) is 87.4 Å². The van der Waals surface area contributed by atoms with Crippen LogP contribution in [-0.2, 0) is 0 Å². The van der Waals surface area contributed by atoms with Crippen LogP contribution in [0.2, 0.25) is 4.47 Å². The molecule has 9 aromatic heterocycles. The Morgan fingerprint density at radius 2 is 0.546 bits per heavy atom. The van der Waals surface area contributed by atoms with Gasteiger partial charge in [0.2, 0.25) is 0 Å². The number of hydrogen-bond donors (Lipinski definition) is 4. The molecule has 0 spiro atoms. The number of nitrogens with two attached hydrogens (primary N) is 1. The molecule has 18 rings (SSSR count). The summed E-state index contributed by atoms with van der Waals surface area (Å²) in [7, 11) is 0. The van der Waals surface area contributed by atoms with Crippen LogP contribution in [0.25, 0.3) is 119 Å². The molecule has 18 aromatic rings. The molecule has 5 N–H and O–H groups in total. The Balaban J connectivity index is 0.000000156. The zero-order valence-corrected chi connectivity index (χ0v) is 63.4. The largest absolute Gasteiger partial charge is 1.00 e. The van der Waals surface area contributed by atoms with E-state index >= 15 is 0 Å². The lowest BCUT2D eigenvalue weighted by atomic mass is 10.0. The lowest BCUT2D eigenvalue weighted by Gasteiger charge is -2.06. The third-order valence-electron chi connectivity index (χ3n) is 16.8. The van der Waals surface area contributed by atoms with Gasteiger partial charge in [0.15, 0.2) is 51.8 Å². The smallest absolute Gasteiger partial charge is 0.388 e. The van der Waals surface area contributed by atoms with Crippen molar-refractivity contribution in [2.45, 2.75) is 0 Å². The molecule has 0 unspecified atom stereocenters. The van der Waals surface area contributed by atoms with Gasteiger partial charge in [0, 0.05) is 61.2 Å². The highest BCUT2D eigenvalue weighted by molar-refractivity contribution is 7.22. The Kier molecular flexibility index (Phi) is 27.7. The summed E-state index contributed by atoms with van der Waals surface area (Å²) in [5, 5.41) is 32.3. The SMILES string of the molecule is Clc1nc2ccccc2s1.Nc1cc(-c2ccccc2)ccc1O.Oc1ccc(-c2ccccc2)cc1-[n+]1ccc(-c2cc[n+](-c3cc(-c4ccccc4)ccc3O)cc2)cc1.[Cl-].[Cl-].[Cl-].[Cl-].c1cc(-c2ccncc2)ccn1.c1ccc2sc(-[n+]3ccc(-c4cc[n+](-c5nc6ccccc6s5)cc4)cc3)nc2c1. The monoisotopic (exact) mass is 1570 g/mol. The minimum Gasteiger partial charge on any atom is -1.00 e. The number of hydrogen-bond acceptors (Lipinski definition) is 12. The Morgan fingerprint density at radius 3 is 0.880 bits per heavy atom. The number of halogens is 5. The van der Waals surface area contributed by atoms with Crippen LogP contribution in [0.4, 0.5) is 5.69 Å². The van der Waals surface area contributed by atoms with Crippen molar-refractivity contribution in [3.63, 3.8) is 0 Å². The molecule has 0 bridgehead atoms. The Hall–Kier alpha value is -11.8. The van der Waals surface area contributed by atoms with Gasteiger partial charge in [-0.25, -0.2) is 4.98 Å². The van der Waals surface area contributed by atoms with Gasteiger partial charge >= 0.3 is 10.3 Å². The fourth-order valence-electron chi connectivity index (χ4n) is 11.4. The van der Waals surface area contributed by atoms with Crippen molar-refractivity contribution in [2.24, 2.45) is 0 Å². The molecular weight excluding hydrogens is 1510 g/mol. The maximum atomic E-state index is 10.5. The number of nitrogen functional groups attached to an aromatic ring is 1. The highest BCUT2D eigenvalue weighted by Gasteiger charge is 2.20. The van der Waals surface area contributed by atoms with E-state index in [0.29, 0.717) is 10.2 Å². The number of fused-ring (bicyclic) bond motifs is 3. The number of nitrogens with zero attached hydrogens (tertiary/aromatic N) is 9. The second-order valence-corrected chi connectivity index (χ2v) is 27.2. The highest BCUT2D eigenvalue weighted by Crippen LogP contribution is 2.32. The van der Waals surface area contributed by atoms with Crippen LogP contribution in [0.3, 0.4) is 0 Å². The first kappa shape index (κ1) is 78.8. The van der Waals surface area contributed by atoms with Crippen LogP contribution < -0.4 is 73.6 Å². The number of pyridine rings is 6. The predicted molar refractivity (Wildman–Crippen MR) is 420 cm³/mol. The molecular formula is C87H65Cl5N10O3S3. The van der Waals surface area contributed by atoms with Crippen LogP contribution in [0.5, 0.6) is 17.2 Å². The van der Waals surface area contributed by atoms with Crippen molar-refractivity contribution in [3.05, 3.63) is 370 Å². The van der Waals surface area contributed by atoms with E-state index in [1.165, 1.54) is 43.0 Å². The average Bonchev–Trinajstić information content (AvgIpc) is 1.29. The minimum absolute atomic E-state index is 0. The third kappa shape index (κ3) is 19.6. The van der Waals surface area contributed by atoms with Gasteiger partial charge < -0.3 is 70.7 Å². The van der Waals surface area contributed by atoms with Gasteiger partial charge in [-0.2, -0.15) is 18.3 Å². The van der Waals surface area contributed by atoms with Gasteiger partial charge in [0.05, 0.1) is 50.1 Å². The molecule has 0 radical (unpaired) electrons. The molecule has 21 heteroatoms. The minimum atomic E-state index is 0. The van der Waals surface area contributed by atoms with E-state index in [-0.39, 0.29) is 66.9 Å². The number of thiazole rings is 3. The maximum absolute atomic E-state index is 10.5. The average molecular weight is 1570 g/mol. The van der Waals surface area contributed by atoms with Crippen LogP contribution in [0.1, 0.15) is 0 Å². The van der Waals surface area contributed by atoms with Gasteiger partial charge in [0.25, 0.3) is 11.4 Å². The van der Waals surface area contributed by atoms with Crippen molar-refractivity contribution in [2.75, 3.05) is 5.73 Å². The summed E-state index contributed by atoms with van der Waals surface area (Å²) < 4.78 is 12.1. The number of rotatable bonds is 10. The molecule has 0 fully saturated rings. The summed E-state index contributed by atoms with van der Waals surface area (Å²) >= 11 is 10.6. The Labute approximate surface area is 666 Å². The summed E-state index contributed by atoms with van der Waals surface area (Å²) in [5.74, 6) is 0.575. The first-order valence-electron chi connectivity index (χ1n) is 33.1. The molecule has 0 amide bonds. The van der Waals surface area contributed by atoms with Gasteiger partial charge in [-0.05, 0) is 209 Å². The van der Waals surface area contributed by atoms with E-state index < -0.39 is 0 Å². The molecule has 0 aliphatic carbocycles. The molecule has 13 nitrogen and oxygen atoms in total. The van der Waals surface area contributed by atoms with E-state index in [1.807, 2.05) is 228 Å². The number of aromatic nitrogens is 9. The Bertz CT molecular complexity index is 5480. The second kappa shape index (κ2) is 37.9. The second-order valence-electron chi connectivity index (χ2n) is 23.6. The summed E-state index contributed by atoms with van der Waals surface area (Å²) in [6.07, 6.45) is 23.2. The molecule has 0 aliphatic rings. The quantitative estimate of drug-likeness (QED) is 0.0616. The molecule has 9 heterocycles. The maximum Gasteiger partial charge on any atom is 0.388 e. The van der Waals surface area contributed by atoms with Crippen molar-refractivity contribution >= 4 is 81.9 Å². The number of para-hydroxylation sites is 3. The van der Waals surface area contributed by atoms with Crippen molar-refractivity contribution in [1.29, 1.82) is 0 Å². The van der Waals surface area contributed by atoms with E-state index in [4.69, 9.17) is 27.3 Å². The molecule has 9 aromatic carbocycles. The van der Waals surface area contributed by atoms with Gasteiger partial charge in [-0.1, -0.05) is 157 Å². The van der Waals surface area contributed by atoms with E-state index in [9.17, 15) is 15.3 Å². The van der Waals surface area contributed by atoms with Crippen LogP contribution >= 0.6 is 45.6 Å². The highest BCUT2D eigenvalue weighted by atomic mass is 35.5. The lowest BCUT2D eigenvalue weighted by Crippen LogP contribution is -3.00. The molecule has 108 heavy (non-hydrogen) atoms. The standard InChI is InChI=1S/C34H24N2O2.C24H16N4S2.C12H11NO.C10H8N2.C7H4ClNS.4ClH/c37-33-13-11-29(25-7-3-1-4-8-25)23-31(33)35-19-15-27(16-20-35)28-17-21-36(22-18-28)32-24-30(12-14-34(32)38)26-9-5-2-6-10-26;1-3-7-21-19(5-1)25-23(29-21)27-13-9-17(10-14-27)18-11-15-28(16-12-18)24-26-20-6-2-4-8-22(20)30-24;13-11-8-10(6-7-12(11)14)9-4-2-1-3-5-9;1-5-11-6-2-9(1)10-3-7-12-8-4-10;8-7-9-5-3-1-2-4-6(5)10-7;;;;/h1-24H;1-16H;1-8,14H,13H2;1-8H;1-4H;4*1H/q;+2;;;;;;;/p-2. The number of phenols is 3. The number of phenolic OH excluding ortho intramolecular Hbond substituents is 3. The van der Waals surface area contributed by atoms with Crippen molar-refractivity contribution in [1.82, 2.24) is 24.9 Å². The fraction of sp³-hybridized carbons (Fsp3) is 0. The molecule has 534 valence electrons. The first-order chi connectivity index (χ1) is 51.1. The number of benzene rings is 9. The van der Waals surface area contributed by atoms with Crippen LogP contribution in [-0.4, -0.2) is 40.2 Å². The van der Waals surface area contributed by atoms with E-state index in [2.05, 4.69) is 122 Å². The zero-order valence-electron chi connectivity index (χ0n) is 57.2. The number of aromatic hydroxyl groups is 3. The summed E-state index contributed by atoms with van der Waals surface area (Å²) in [4.78, 5) is 21.4. The topological polar surface area (TPSA) is 167 Å². The molecule has 0 saturated heterocycles. The van der Waals surface area contributed by atoms with E-state index in [1.54, 1.807) is 71.7 Å². The van der Waals surface area contributed by atoms with Crippen molar-refractivity contribution < 1.29 is 83.2 Å². The zero-order chi connectivity index (χ0) is 71.0. The predicted octanol–water partition coefficient (Wildman–Crippen LogP) is 7.53. The fourth-order valence-corrected chi connectivity index (χ4v) is 14.3. The Morgan fingerprint density at radius 1 is 0.269 bits per heavy atom. The molecule has 0 atom stereocenters. The third-order valence-corrected chi connectivity index (χ3v) is 20.0. The normalized spacial score (nSPS) is 10.3. The van der Waals surface area contributed by atoms with Crippen molar-refractivity contribution in [3.8, 4) is 106 Å². The number of anilines is 1.